The van der Waals surface area contributed by atoms with E-state index >= 15 is 0 Å². The van der Waals surface area contributed by atoms with Crippen LogP contribution in [0.15, 0.2) is 54.1 Å². The molecule has 2 aromatic carbocycles. The van der Waals surface area contributed by atoms with Crippen molar-refractivity contribution in [3.63, 3.8) is 0 Å². The van der Waals surface area contributed by atoms with Crippen molar-refractivity contribution >= 4 is 17.7 Å². The van der Waals surface area contributed by atoms with Crippen molar-refractivity contribution in [1.82, 2.24) is 4.90 Å². The molecule has 0 aromatic heterocycles. The molecule has 1 saturated heterocycles. The zero-order valence-corrected chi connectivity index (χ0v) is 21.5. The molecule has 1 heteroatoms. The van der Waals surface area contributed by atoms with Gasteiger partial charge in [0.2, 0.25) is 0 Å². The fraction of sp³-hybridized carbons (Fsp3) is 0.515. The average molecular weight is 456 g/mol. The van der Waals surface area contributed by atoms with Crippen LogP contribution in [0.2, 0.25) is 0 Å². The lowest BCUT2D eigenvalue weighted by molar-refractivity contribution is 0.251. The number of benzene rings is 2. The van der Waals surface area contributed by atoms with E-state index in [1.165, 1.54) is 131 Å². The quantitative estimate of drug-likeness (QED) is 0.246. The van der Waals surface area contributed by atoms with Gasteiger partial charge in [0.05, 0.1) is 0 Å². The number of hydrogen-bond donors (Lipinski definition) is 0. The fourth-order valence-corrected chi connectivity index (χ4v) is 5.74. The summed E-state index contributed by atoms with van der Waals surface area (Å²) in [5.41, 5.74) is 8.69. The van der Waals surface area contributed by atoms with Crippen LogP contribution in [-0.2, 0) is 0 Å². The van der Waals surface area contributed by atoms with Crippen LogP contribution in [0.1, 0.15) is 113 Å². The van der Waals surface area contributed by atoms with Gasteiger partial charge in [-0.05, 0) is 53.6 Å². The van der Waals surface area contributed by atoms with Crippen LogP contribution in [0.4, 0.5) is 0 Å². The van der Waals surface area contributed by atoms with Crippen molar-refractivity contribution in [3.05, 3.63) is 76.4 Å². The lowest BCUT2D eigenvalue weighted by atomic mass is 9.86. The summed E-state index contributed by atoms with van der Waals surface area (Å²) in [7, 11) is 0. The molecule has 34 heavy (non-hydrogen) atoms. The van der Waals surface area contributed by atoms with Gasteiger partial charge in [-0.25, -0.2) is 0 Å². The molecule has 0 amide bonds. The fourth-order valence-electron chi connectivity index (χ4n) is 5.74. The Morgan fingerprint density at radius 2 is 1.06 bits per heavy atom. The molecule has 1 aliphatic heterocycles. The van der Waals surface area contributed by atoms with Crippen LogP contribution in [0.25, 0.3) is 17.7 Å². The zero-order valence-electron chi connectivity index (χ0n) is 21.5. The molecule has 1 fully saturated rings. The summed E-state index contributed by atoms with van der Waals surface area (Å²) in [6, 6.07) is 17.9. The second-order valence-corrected chi connectivity index (χ2v) is 10.4. The first-order valence-corrected chi connectivity index (χ1v) is 14.2. The maximum absolute atomic E-state index is 2.71. The monoisotopic (exact) mass is 455 g/mol. The van der Waals surface area contributed by atoms with Gasteiger partial charge in [-0.3, -0.25) is 0 Å². The molecule has 0 N–H and O–H groups in total. The highest BCUT2D eigenvalue weighted by molar-refractivity contribution is 5.94. The zero-order chi connectivity index (χ0) is 23.4. The van der Waals surface area contributed by atoms with E-state index in [-0.39, 0.29) is 0 Å². The largest absolute Gasteiger partial charge is 0.303 e. The van der Waals surface area contributed by atoms with E-state index in [2.05, 4.69) is 72.5 Å². The highest BCUT2D eigenvalue weighted by Gasteiger charge is 2.22. The first kappa shape index (κ1) is 25.0. The molecule has 1 nitrogen and oxygen atoms in total. The van der Waals surface area contributed by atoms with Crippen LogP contribution >= 0.6 is 0 Å². The summed E-state index contributed by atoms with van der Waals surface area (Å²) in [5.74, 6) is 0. The lowest BCUT2D eigenvalue weighted by Gasteiger charge is -2.30. The second-order valence-electron chi connectivity index (χ2n) is 10.4. The lowest BCUT2D eigenvalue weighted by Crippen LogP contribution is -2.32. The molecule has 1 heterocycles. The Bertz CT molecular complexity index is 889. The molecular formula is C33H45N. The molecule has 0 unspecified atom stereocenters. The molecule has 1 aliphatic carbocycles. The van der Waals surface area contributed by atoms with E-state index in [9.17, 15) is 0 Å². The van der Waals surface area contributed by atoms with Gasteiger partial charge >= 0.3 is 0 Å². The molecule has 2 aromatic rings. The third-order valence-electron chi connectivity index (χ3n) is 7.79. The van der Waals surface area contributed by atoms with Gasteiger partial charge in [0.1, 0.15) is 0 Å². The molecule has 4 rings (SSSR count). The minimum atomic E-state index is 1.20. The van der Waals surface area contributed by atoms with Gasteiger partial charge in [-0.1, -0.05) is 137 Å². The van der Waals surface area contributed by atoms with Crippen molar-refractivity contribution in [2.45, 2.75) is 90.4 Å². The van der Waals surface area contributed by atoms with Crippen LogP contribution in [0.5, 0.6) is 0 Å². The number of rotatable bonds is 12. The number of fused-ring (bicyclic) bond motifs is 2. The Labute approximate surface area is 209 Å². The molecule has 0 spiro atoms. The third kappa shape index (κ3) is 6.95. The number of likely N-dealkylation sites (tertiary alicyclic amines) is 1. The summed E-state index contributed by atoms with van der Waals surface area (Å²) in [4.78, 5) is 2.71. The maximum atomic E-state index is 2.71. The number of nitrogens with zero attached hydrogens (tertiary/aromatic N) is 1. The molecule has 2 aliphatic rings. The predicted octanol–water partition coefficient (Wildman–Crippen LogP) is 9.38. The molecule has 0 radical (unpaired) electrons. The number of hydrogen-bond acceptors (Lipinski definition) is 1. The normalized spacial score (nSPS) is 15.8. The van der Waals surface area contributed by atoms with Crippen molar-refractivity contribution in [2.24, 2.45) is 0 Å². The van der Waals surface area contributed by atoms with E-state index in [0.29, 0.717) is 0 Å². The highest BCUT2D eigenvalue weighted by Crippen LogP contribution is 2.38. The second kappa shape index (κ2) is 13.7. The molecule has 0 bridgehead atoms. The Morgan fingerprint density at radius 3 is 1.59 bits per heavy atom. The Morgan fingerprint density at radius 1 is 0.588 bits per heavy atom. The average Bonchev–Trinajstić information content (AvgIpc) is 3.05. The van der Waals surface area contributed by atoms with Crippen molar-refractivity contribution < 1.29 is 0 Å². The van der Waals surface area contributed by atoms with Crippen molar-refractivity contribution in [1.29, 1.82) is 0 Å². The Hall–Kier alpha value is -2.12. The SMILES string of the molecule is CCCCCCCCCCCCCN1CCC(=C2c3ccccc3C=Cc3ccccc32)CC1. The maximum Gasteiger partial charge on any atom is 0.00190 e. The van der Waals surface area contributed by atoms with Crippen molar-refractivity contribution in [3.8, 4) is 0 Å². The van der Waals surface area contributed by atoms with Crippen LogP contribution in [-0.4, -0.2) is 24.5 Å². The predicted molar refractivity (Wildman–Crippen MR) is 150 cm³/mol. The van der Waals surface area contributed by atoms with Gasteiger partial charge in [0.25, 0.3) is 0 Å². The van der Waals surface area contributed by atoms with Crippen molar-refractivity contribution in [2.75, 3.05) is 19.6 Å². The number of unbranched alkanes of at least 4 members (excludes halogenated alkanes) is 10. The minimum absolute atomic E-state index is 1.20. The van der Waals surface area contributed by atoms with Gasteiger partial charge in [0, 0.05) is 13.1 Å². The summed E-state index contributed by atoms with van der Waals surface area (Å²) >= 11 is 0. The van der Waals surface area contributed by atoms with E-state index < -0.39 is 0 Å². The Kier molecular flexibility index (Phi) is 10.1. The minimum Gasteiger partial charge on any atom is -0.303 e. The first-order chi connectivity index (χ1) is 16.9. The smallest absolute Gasteiger partial charge is 0.00190 e. The number of piperidine rings is 1. The summed E-state index contributed by atoms with van der Waals surface area (Å²) in [5, 5.41) is 0. The topological polar surface area (TPSA) is 3.24 Å². The third-order valence-corrected chi connectivity index (χ3v) is 7.79. The molecular weight excluding hydrogens is 410 g/mol. The van der Waals surface area contributed by atoms with Gasteiger partial charge in [0.15, 0.2) is 0 Å². The van der Waals surface area contributed by atoms with Crippen LogP contribution < -0.4 is 0 Å². The van der Waals surface area contributed by atoms with Crippen LogP contribution in [0, 0.1) is 0 Å². The standard InChI is InChI=1S/C33H45N/c1-2-3-4-5-6-7-8-9-10-11-16-25-34-26-23-30(24-27-34)33-31-19-14-12-17-28(31)21-22-29-18-13-15-20-32(29)33/h12-15,17-22H,2-11,16,23-27H2,1H3. The summed E-state index contributed by atoms with van der Waals surface area (Å²) < 4.78 is 0. The molecule has 182 valence electrons. The van der Waals surface area contributed by atoms with E-state index in [4.69, 9.17) is 0 Å². The first-order valence-electron chi connectivity index (χ1n) is 14.2. The van der Waals surface area contributed by atoms with Gasteiger partial charge in [-0.2, -0.15) is 0 Å². The Balaban J connectivity index is 1.24. The van der Waals surface area contributed by atoms with E-state index in [1.807, 2.05) is 0 Å². The summed E-state index contributed by atoms with van der Waals surface area (Å²) in [6.07, 6.45) is 22.7. The highest BCUT2D eigenvalue weighted by atomic mass is 15.1. The molecule has 0 atom stereocenters. The van der Waals surface area contributed by atoms with Gasteiger partial charge in [-0.15, -0.1) is 0 Å². The molecule has 0 saturated carbocycles. The van der Waals surface area contributed by atoms with Gasteiger partial charge < -0.3 is 4.90 Å². The van der Waals surface area contributed by atoms with E-state index in [1.54, 1.807) is 5.57 Å². The van der Waals surface area contributed by atoms with E-state index in [0.717, 1.165) is 0 Å². The van der Waals surface area contributed by atoms with Crippen LogP contribution in [0.3, 0.4) is 0 Å². The summed E-state index contributed by atoms with van der Waals surface area (Å²) in [6.45, 7) is 6.02.